The molecule has 6 rings (SSSR count). The Balaban J connectivity index is 1.37. The number of rotatable bonds is 6. The summed E-state index contributed by atoms with van der Waals surface area (Å²) in [5, 5.41) is 8.46. The van der Waals surface area contributed by atoms with Crippen LogP contribution in [-0.2, 0) is 32.1 Å². The Morgan fingerprint density at radius 1 is 0.595 bits per heavy atom. The SMILES string of the molecule is O=C(Nc1sc2c(c1Cc1c(NC(=O)c3ccccc3)sc3c1CCCC3)CCCC2)c1ccccc1. The predicted molar refractivity (Wildman–Crippen MR) is 154 cm³/mol. The van der Waals surface area contributed by atoms with Crippen molar-refractivity contribution in [2.24, 2.45) is 0 Å². The van der Waals surface area contributed by atoms with Gasteiger partial charge in [-0.3, -0.25) is 9.59 Å². The summed E-state index contributed by atoms with van der Waals surface area (Å²) in [6.45, 7) is 0. The Morgan fingerprint density at radius 3 is 1.43 bits per heavy atom. The zero-order valence-corrected chi connectivity index (χ0v) is 22.4. The smallest absolute Gasteiger partial charge is 0.256 e. The lowest BCUT2D eigenvalue weighted by molar-refractivity contribution is 0.101. The van der Waals surface area contributed by atoms with Gasteiger partial charge in [-0.1, -0.05) is 36.4 Å². The van der Waals surface area contributed by atoms with Gasteiger partial charge < -0.3 is 10.6 Å². The molecule has 0 aliphatic heterocycles. The summed E-state index contributed by atoms with van der Waals surface area (Å²) in [6.07, 6.45) is 9.77. The van der Waals surface area contributed by atoms with Crippen LogP contribution < -0.4 is 10.6 Å². The number of nitrogens with one attached hydrogen (secondary N) is 2. The summed E-state index contributed by atoms with van der Waals surface area (Å²) in [7, 11) is 0. The molecule has 0 unspecified atom stereocenters. The second-order valence-corrected chi connectivity index (χ2v) is 12.1. The molecule has 2 aliphatic rings. The first-order valence-electron chi connectivity index (χ1n) is 13.2. The minimum atomic E-state index is -0.0644. The van der Waals surface area contributed by atoms with Crippen molar-refractivity contribution in [2.45, 2.75) is 57.8 Å². The van der Waals surface area contributed by atoms with Gasteiger partial charge in [0, 0.05) is 27.3 Å². The van der Waals surface area contributed by atoms with Gasteiger partial charge in [0.2, 0.25) is 0 Å². The third kappa shape index (κ3) is 5.00. The van der Waals surface area contributed by atoms with E-state index in [9.17, 15) is 9.59 Å². The minimum absolute atomic E-state index is 0.0644. The van der Waals surface area contributed by atoms with Crippen LogP contribution in [0.2, 0.25) is 0 Å². The van der Waals surface area contributed by atoms with Crippen LogP contribution in [0.25, 0.3) is 0 Å². The highest BCUT2D eigenvalue weighted by atomic mass is 32.1. The van der Waals surface area contributed by atoms with Gasteiger partial charge in [0.15, 0.2) is 0 Å². The summed E-state index contributed by atoms with van der Waals surface area (Å²) in [5.41, 5.74) is 6.65. The van der Waals surface area contributed by atoms with Gasteiger partial charge in [-0.15, -0.1) is 22.7 Å². The Labute approximate surface area is 225 Å². The molecule has 0 radical (unpaired) electrons. The lowest BCUT2D eigenvalue weighted by atomic mass is 9.89. The molecule has 0 saturated heterocycles. The summed E-state index contributed by atoms with van der Waals surface area (Å²) < 4.78 is 0. The average molecular weight is 527 g/mol. The second kappa shape index (κ2) is 10.6. The Kier molecular flexibility index (Phi) is 6.94. The first-order valence-corrected chi connectivity index (χ1v) is 14.8. The van der Waals surface area contributed by atoms with Crippen molar-refractivity contribution in [1.29, 1.82) is 0 Å². The Morgan fingerprint density at radius 2 is 1.00 bits per heavy atom. The largest absolute Gasteiger partial charge is 0.313 e. The van der Waals surface area contributed by atoms with Gasteiger partial charge in [0.25, 0.3) is 11.8 Å². The fraction of sp³-hybridized carbons (Fsp3) is 0.290. The normalized spacial score (nSPS) is 14.5. The van der Waals surface area contributed by atoms with Gasteiger partial charge in [-0.05, 0) is 97.9 Å². The third-order valence-corrected chi connectivity index (χ3v) is 9.94. The minimum Gasteiger partial charge on any atom is -0.313 e. The van der Waals surface area contributed by atoms with Crippen molar-refractivity contribution in [3.05, 3.63) is 104 Å². The third-order valence-electron chi connectivity index (χ3n) is 7.44. The first-order chi connectivity index (χ1) is 18.2. The zero-order valence-electron chi connectivity index (χ0n) is 20.8. The Hall–Kier alpha value is -3.22. The molecule has 2 aliphatic carbocycles. The molecule has 0 atom stereocenters. The van der Waals surface area contributed by atoms with Crippen molar-refractivity contribution >= 4 is 44.5 Å². The summed E-state index contributed by atoms with van der Waals surface area (Å²) >= 11 is 3.49. The number of benzene rings is 2. The van der Waals surface area contributed by atoms with Crippen molar-refractivity contribution in [3.63, 3.8) is 0 Å². The molecular weight excluding hydrogens is 496 g/mol. The molecule has 0 bridgehead atoms. The van der Waals surface area contributed by atoms with Gasteiger partial charge >= 0.3 is 0 Å². The zero-order chi connectivity index (χ0) is 25.2. The van der Waals surface area contributed by atoms with Crippen LogP contribution in [0.1, 0.15) is 78.4 Å². The van der Waals surface area contributed by atoms with E-state index in [2.05, 4.69) is 10.6 Å². The molecule has 2 heterocycles. The molecule has 6 heteroatoms. The quantitative estimate of drug-likeness (QED) is 0.271. The summed E-state index contributed by atoms with van der Waals surface area (Å²) in [4.78, 5) is 29.1. The molecule has 0 fully saturated rings. The van der Waals surface area contributed by atoms with Crippen LogP contribution in [0.15, 0.2) is 60.7 Å². The van der Waals surface area contributed by atoms with Crippen LogP contribution in [0, 0.1) is 0 Å². The van der Waals surface area contributed by atoms with Crippen LogP contribution >= 0.6 is 22.7 Å². The van der Waals surface area contributed by atoms with E-state index in [1.54, 1.807) is 22.7 Å². The molecule has 188 valence electrons. The lowest BCUT2D eigenvalue weighted by Gasteiger charge is -2.17. The van der Waals surface area contributed by atoms with E-state index in [0.29, 0.717) is 11.1 Å². The maximum atomic E-state index is 13.1. The van der Waals surface area contributed by atoms with Crippen LogP contribution in [0.4, 0.5) is 10.0 Å². The van der Waals surface area contributed by atoms with Crippen LogP contribution in [0.5, 0.6) is 0 Å². The molecular formula is C31H30N2O2S2. The van der Waals surface area contributed by atoms with E-state index in [0.717, 1.165) is 42.1 Å². The van der Waals surface area contributed by atoms with Crippen molar-refractivity contribution < 1.29 is 9.59 Å². The molecule has 2 aromatic carbocycles. The maximum absolute atomic E-state index is 13.1. The number of carbonyl (C=O) groups excluding carboxylic acids is 2. The number of hydrogen-bond donors (Lipinski definition) is 2. The molecule has 0 saturated carbocycles. The fourth-order valence-electron chi connectivity index (χ4n) is 5.54. The maximum Gasteiger partial charge on any atom is 0.256 e. The van der Waals surface area contributed by atoms with E-state index < -0.39 is 0 Å². The highest BCUT2D eigenvalue weighted by Gasteiger charge is 2.27. The number of aryl methyl sites for hydroxylation is 2. The standard InChI is InChI=1S/C31H30N2O2S2/c34-28(20-11-3-1-4-12-20)32-30-24(22-15-7-9-17-26(22)36-30)19-25-23-16-8-10-18-27(23)37-31(25)33-29(35)21-13-5-2-6-14-21/h1-6,11-14H,7-10,15-19H2,(H,32,34)(H,33,35). The number of thiophene rings is 2. The van der Waals surface area contributed by atoms with Crippen LogP contribution in [0.3, 0.4) is 0 Å². The Bertz CT molecular complexity index is 1330. The van der Waals surface area contributed by atoms with E-state index in [-0.39, 0.29) is 11.8 Å². The molecule has 2 N–H and O–H groups in total. The molecule has 2 aromatic heterocycles. The van der Waals surface area contributed by atoms with Gasteiger partial charge in [0.05, 0.1) is 10.0 Å². The predicted octanol–water partition coefficient (Wildman–Crippen LogP) is 7.66. The first kappa shape index (κ1) is 24.1. The highest BCUT2D eigenvalue weighted by molar-refractivity contribution is 7.17. The summed E-state index contributed by atoms with van der Waals surface area (Å²) in [5.74, 6) is -0.129. The molecule has 4 aromatic rings. The summed E-state index contributed by atoms with van der Waals surface area (Å²) in [6, 6.07) is 18.9. The number of carbonyl (C=O) groups is 2. The number of hydrogen-bond acceptors (Lipinski definition) is 4. The molecule has 37 heavy (non-hydrogen) atoms. The number of anilines is 2. The topological polar surface area (TPSA) is 58.2 Å². The number of amides is 2. The van der Waals surface area contributed by atoms with Crippen molar-refractivity contribution in [2.75, 3.05) is 10.6 Å². The van der Waals surface area contributed by atoms with Crippen molar-refractivity contribution in [3.8, 4) is 0 Å². The van der Waals surface area contributed by atoms with Gasteiger partial charge in [-0.25, -0.2) is 0 Å². The molecule has 2 amide bonds. The van der Waals surface area contributed by atoms with Crippen LogP contribution in [-0.4, -0.2) is 11.8 Å². The van der Waals surface area contributed by atoms with E-state index in [1.807, 2.05) is 60.7 Å². The molecule has 4 nitrogen and oxygen atoms in total. The highest BCUT2D eigenvalue weighted by Crippen LogP contribution is 2.44. The van der Waals surface area contributed by atoms with E-state index in [1.165, 1.54) is 57.7 Å². The average Bonchev–Trinajstić information content (AvgIpc) is 3.47. The number of fused-ring (bicyclic) bond motifs is 2. The monoisotopic (exact) mass is 526 g/mol. The molecule has 0 spiro atoms. The lowest BCUT2D eigenvalue weighted by Crippen LogP contribution is -2.14. The van der Waals surface area contributed by atoms with E-state index in [4.69, 9.17) is 0 Å². The van der Waals surface area contributed by atoms with Crippen molar-refractivity contribution in [1.82, 2.24) is 0 Å². The van der Waals surface area contributed by atoms with E-state index >= 15 is 0 Å². The van der Waals surface area contributed by atoms with Gasteiger partial charge in [0.1, 0.15) is 0 Å². The fourth-order valence-corrected chi connectivity index (χ4v) is 8.15. The second-order valence-electron chi connectivity index (χ2n) is 9.85. The van der Waals surface area contributed by atoms with Gasteiger partial charge in [-0.2, -0.15) is 0 Å².